The quantitative estimate of drug-likeness (QED) is 0.467. The molecule has 2 fully saturated rings. The molecule has 1 aromatic carbocycles. The maximum atomic E-state index is 13.5. The summed E-state index contributed by atoms with van der Waals surface area (Å²) in [7, 11) is 0. The Morgan fingerprint density at radius 1 is 1.25 bits per heavy atom. The molecule has 4 heterocycles. The number of amides is 1. The molecule has 1 amide bonds. The first kappa shape index (κ1) is 23.2. The molecule has 2 aromatic heterocycles. The van der Waals surface area contributed by atoms with Crippen molar-refractivity contribution in [1.29, 1.82) is 0 Å². The molecule has 2 aliphatic heterocycles. The van der Waals surface area contributed by atoms with Crippen LogP contribution in [-0.2, 0) is 26.3 Å². The predicted octanol–water partition coefficient (Wildman–Crippen LogP) is 4.78. The molecular weight excluding hydrogens is 482 g/mol. The average Bonchev–Trinajstić information content (AvgIpc) is 3.29. The average molecular weight is 510 g/mol. The van der Waals surface area contributed by atoms with E-state index in [1.165, 1.54) is 0 Å². The van der Waals surface area contributed by atoms with E-state index in [0.717, 1.165) is 47.4 Å². The zero-order chi connectivity index (χ0) is 25.2. The van der Waals surface area contributed by atoms with Crippen molar-refractivity contribution >= 4 is 40.4 Å². The maximum Gasteiger partial charge on any atom is 0.528 e. The second-order valence-electron chi connectivity index (χ2n) is 10.8. The van der Waals surface area contributed by atoms with E-state index in [2.05, 4.69) is 9.55 Å². The summed E-state index contributed by atoms with van der Waals surface area (Å²) in [6.45, 7) is 6.78. The van der Waals surface area contributed by atoms with Crippen molar-refractivity contribution in [1.82, 2.24) is 19.6 Å². The van der Waals surface area contributed by atoms with E-state index in [1.54, 1.807) is 38.2 Å². The third-order valence-corrected chi connectivity index (χ3v) is 7.35. The van der Waals surface area contributed by atoms with Crippen molar-refractivity contribution in [3.63, 3.8) is 0 Å². The van der Waals surface area contributed by atoms with E-state index in [0.29, 0.717) is 24.7 Å². The van der Waals surface area contributed by atoms with E-state index in [4.69, 9.17) is 26.2 Å². The number of ether oxygens (including phenoxy) is 1. The second-order valence-corrected chi connectivity index (χ2v) is 11.2. The van der Waals surface area contributed by atoms with Gasteiger partial charge in [-0.3, -0.25) is 9.78 Å². The van der Waals surface area contributed by atoms with Crippen molar-refractivity contribution in [3.8, 4) is 0 Å². The van der Waals surface area contributed by atoms with Crippen molar-refractivity contribution < 1.29 is 19.2 Å². The summed E-state index contributed by atoms with van der Waals surface area (Å²) in [6.07, 6.45) is 5.29. The fraction of sp³-hybridized carbons (Fsp3) is 0.462. The van der Waals surface area contributed by atoms with Crippen LogP contribution in [0.5, 0.6) is 0 Å². The number of pyridine rings is 1. The van der Waals surface area contributed by atoms with Gasteiger partial charge in [0.25, 0.3) is 0 Å². The van der Waals surface area contributed by atoms with Crippen LogP contribution in [0.25, 0.3) is 11.0 Å². The molecule has 1 spiro atoms. The summed E-state index contributed by atoms with van der Waals surface area (Å²) in [5.41, 5.74) is 2.59. The lowest BCUT2D eigenvalue weighted by molar-refractivity contribution is -0.131. The summed E-state index contributed by atoms with van der Waals surface area (Å²) in [6, 6.07) is 7.59. The predicted molar refractivity (Wildman–Crippen MR) is 134 cm³/mol. The van der Waals surface area contributed by atoms with Gasteiger partial charge >= 0.3 is 6.16 Å². The molecule has 0 N–H and O–H groups in total. The number of imidazole rings is 1. The van der Waals surface area contributed by atoms with Crippen LogP contribution in [-0.4, -0.2) is 50.4 Å². The van der Waals surface area contributed by atoms with Crippen LogP contribution >= 0.6 is 11.6 Å². The first-order valence-electron chi connectivity index (χ1n) is 12.2. The second kappa shape index (κ2) is 8.18. The Morgan fingerprint density at radius 3 is 2.81 bits per heavy atom. The van der Waals surface area contributed by atoms with E-state index in [-0.39, 0.29) is 11.9 Å². The standard InChI is InChI=1S/C26H28ClN5O4/c1-25(2,3)35-24(34)36-30-11-7-17(14-30)32-20-5-4-16(27)12-19(20)29-22(32)15-31-21-13-28-10-6-18(21)26(8-9-26)23(31)33/h4-6,10,12-13,17H,7-9,11,14-15H2,1-3H3. The molecule has 1 saturated carbocycles. The molecule has 0 bridgehead atoms. The van der Waals surface area contributed by atoms with E-state index in [9.17, 15) is 9.59 Å². The van der Waals surface area contributed by atoms with Crippen LogP contribution in [0.15, 0.2) is 36.7 Å². The summed E-state index contributed by atoms with van der Waals surface area (Å²) >= 11 is 6.28. The zero-order valence-corrected chi connectivity index (χ0v) is 21.3. The summed E-state index contributed by atoms with van der Waals surface area (Å²) < 4.78 is 7.46. The Balaban J connectivity index is 1.31. The molecule has 9 nitrogen and oxygen atoms in total. The number of benzene rings is 1. The number of halogens is 1. The summed E-state index contributed by atoms with van der Waals surface area (Å²) in [5, 5.41) is 2.23. The van der Waals surface area contributed by atoms with E-state index in [1.807, 2.05) is 29.2 Å². The van der Waals surface area contributed by atoms with E-state index < -0.39 is 17.2 Å². The summed E-state index contributed by atoms with van der Waals surface area (Å²) in [5.74, 6) is 0.876. The first-order chi connectivity index (χ1) is 17.1. The van der Waals surface area contributed by atoms with Gasteiger partial charge in [0, 0.05) is 17.8 Å². The van der Waals surface area contributed by atoms with Crippen molar-refractivity contribution in [2.75, 3.05) is 18.0 Å². The SMILES string of the molecule is CC(C)(C)OC(=O)ON1CCC(n2c(CN3C(=O)C4(CC4)c4ccncc43)nc3cc(Cl)ccc32)C1. The van der Waals surface area contributed by atoms with Gasteiger partial charge in [-0.15, -0.1) is 5.06 Å². The van der Waals surface area contributed by atoms with Crippen LogP contribution in [0.1, 0.15) is 57.5 Å². The van der Waals surface area contributed by atoms with Gasteiger partial charge < -0.3 is 19.0 Å². The van der Waals surface area contributed by atoms with Gasteiger partial charge in [-0.1, -0.05) is 11.6 Å². The van der Waals surface area contributed by atoms with Crippen molar-refractivity contribution in [2.45, 2.75) is 63.6 Å². The lowest BCUT2D eigenvalue weighted by Gasteiger charge is -2.23. The van der Waals surface area contributed by atoms with Crippen LogP contribution in [0.3, 0.4) is 0 Å². The molecule has 6 rings (SSSR count). The number of hydrogen-bond acceptors (Lipinski definition) is 7. The highest BCUT2D eigenvalue weighted by Crippen LogP contribution is 2.57. The number of carbonyl (C=O) groups excluding carboxylic acids is 2. The minimum Gasteiger partial charge on any atom is -0.427 e. The number of nitrogens with zero attached hydrogens (tertiary/aromatic N) is 5. The summed E-state index contributed by atoms with van der Waals surface area (Å²) in [4.78, 5) is 42.2. The number of hydroxylamine groups is 2. The lowest BCUT2D eigenvalue weighted by Crippen LogP contribution is -2.33. The normalized spacial score (nSPS) is 20.8. The highest BCUT2D eigenvalue weighted by Gasteiger charge is 2.59. The number of anilines is 1. The Kier molecular flexibility index (Phi) is 5.28. The Hall–Kier alpha value is -3.17. The van der Waals surface area contributed by atoms with Crippen LogP contribution in [0, 0.1) is 0 Å². The molecule has 1 atom stereocenters. The molecule has 3 aromatic rings. The molecule has 188 valence electrons. The van der Waals surface area contributed by atoms with Crippen LogP contribution in [0.4, 0.5) is 10.5 Å². The minimum absolute atomic E-state index is 0.00503. The van der Waals surface area contributed by atoms with Gasteiger partial charge in [-0.05, 0) is 69.9 Å². The van der Waals surface area contributed by atoms with E-state index >= 15 is 0 Å². The highest BCUT2D eigenvalue weighted by molar-refractivity contribution is 6.31. The fourth-order valence-corrected chi connectivity index (χ4v) is 5.58. The Morgan fingerprint density at radius 2 is 2.06 bits per heavy atom. The number of aromatic nitrogens is 3. The molecular formula is C26H28ClN5O4. The fourth-order valence-electron chi connectivity index (χ4n) is 5.41. The number of rotatable bonds is 4. The first-order valence-corrected chi connectivity index (χ1v) is 12.6. The zero-order valence-electron chi connectivity index (χ0n) is 20.5. The molecule has 1 saturated heterocycles. The molecule has 3 aliphatic rings. The topological polar surface area (TPSA) is 89.8 Å². The maximum absolute atomic E-state index is 13.5. The largest absolute Gasteiger partial charge is 0.528 e. The number of carbonyl (C=O) groups is 2. The third kappa shape index (κ3) is 3.90. The third-order valence-electron chi connectivity index (χ3n) is 7.12. The van der Waals surface area contributed by atoms with Crippen molar-refractivity contribution in [3.05, 3.63) is 53.1 Å². The molecule has 36 heavy (non-hydrogen) atoms. The number of fused-ring (bicyclic) bond motifs is 3. The molecule has 1 aliphatic carbocycles. The van der Waals surface area contributed by atoms with Gasteiger partial charge in [0.1, 0.15) is 11.4 Å². The van der Waals surface area contributed by atoms with Crippen LogP contribution in [0.2, 0.25) is 5.02 Å². The van der Waals surface area contributed by atoms with Crippen molar-refractivity contribution in [2.24, 2.45) is 0 Å². The van der Waals surface area contributed by atoms with Crippen LogP contribution < -0.4 is 4.90 Å². The molecule has 0 radical (unpaired) electrons. The Bertz CT molecular complexity index is 1380. The molecule has 10 heteroatoms. The van der Waals surface area contributed by atoms with Gasteiger partial charge in [0.15, 0.2) is 0 Å². The Labute approximate surface area is 213 Å². The lowest BCUT2D eigenvalue weighted by atomic mass is 9.99. The highest BCUT2D eigenvalue weighted by atomic mass is 35.5. The number of hydrogen-bond donors (Lipinski definition) is 0. The van der Waals surface area contributed by atoms with Gasteiger partial charge in [-0.25, -0.2) is 9.78 Å². The minimum atomic E-state index is -0.716. The smallest absolute Gasteiger partial charge is 0.427 e. The molecule has 1 unspecified atom stereocenters. The van der Waals surface area contributed by atoms with Gasteiger partial charge in [0.2, 0.25) is 5.91 Å². The monoisotopic (exact) mass is 509 g/mol. The van der Waals surface area contributed by atoms with Gasteiger partial charge in [0.05, 0.1) is 47.5 Å². The van der Waals surface area contributed by atoms with Gasteiger partial charge in [-0.2, -0.15) is 0 Å².